The first kappa shape index (κ1) is 27.4. The smallest absolute Gasteiger partial charge is 0.145 e. The van der Waals surface area contributed by atoms with Crippen LogP contribution in [0.5, 0.6) is 0 Å². The van der Waals surface area contributed by atoms with Crippen LogP contribution in [-0.2, 0) is 11.8 Å². The number of allylic oxidation sites excluding steroid dienone is 1. The molecule has 0 saturated heterocycles. The molecule has 37 heavy (non-hydrogen) atoms. The summed E-state index contributed by atoms with van der Waals surface area (Å²) in [5.74, 6) is 1.38. The van der Waals surface area contributed by atoms with Crippen LogP contribution in [0.2, 0.25) is 0 Å². The number of aliphatic hydroxyl groups excluding tert-OH is 2. The standard InChI is InChI=1S/C32H51NO4/c1-26(2)11-13-28(5,20-34)14-15-31(8)30(7)10-9-22-27(3,4)25-21(19-33-37-25)18-29(22,6)23(30)17-24(35)32(31,36)16-12-26/h17,19,22,24,34-36H,9-16,18,20H2,1-8H3/t22-,24+,28-,29-,30+,31-,32+/m0/s1. The highest BCUT2D eigenvalue weighted by atomic mass is 16.5. The number of aromatic nitrogens is 1. The van der Waals surface area contributed by atoms with Crippen molar-refractivity contribution in [3.8, 4) is 0 Å². The zero-order valence-corrected chi connectivity index (χ0v) is 24.6. The van der Waals surface area contributed by atoms with E-state index in [-0.39, 0.29) is 33.7 Å². The van der Waals surface area contributed by atoms with Gasteiger partial charge in [0.2, 0.25) is 0 Å². The van der Waals surface area contributed by atoms with Crippen molar-refractivity contribution in [3.63, 3.8) is 0 Å². The van der Waals surface area contributed by atoms with Crippen LogP contribution in [0, 0.1) is 33.0 Å². The third kappa shape index (κ3) is 3.62. The highest BCUT2D eigenvalue weighted by molar-refractivity contribution is 5.43. The van der Waals surface area contributed by atoms with Gasteiger partial charge in [-0.15, -0.1) is 0 Å². The van der Waals surface area contributed by atoms with Crippen molar-refractivity contribution in [3.05, 3.63) is 29.2 Å². The Labute approximate surface area is 224 Å². The van der Waals surface area contributed by atoms with E-state index in [2.05, 4.69) is 66.6 Å². The van der Waals surface area contributed by atoms with E-state index in [0.717, 1.165) is 57.1 Å². The number of aliphatic hydroxyl groups is 3. The van der Waals surface area contributed by atoms with Gasteiger partial charge in [0.05, 0.1) is 6.20 Å². The van der Waals surface area contributed by atoms with E-state index in [9.17, 15) is 15.3 Å². The molecule has 208 valence electrons. The van der Waals surface area contributed by atoms with Crippen LogP contribution in [-0.4, -0.2) is 38.8 Å². The van der Waals surface area contributed by atoms with E-state index in [4.69, 9.17) is 4.52 Å². The summed E-state index contributed by atoms with van der Waals surface area (Å²) in [6, 6.07) is 0. The summed E-state index contributed by atoms with van der Waals surface area (Å²) in [5, 5.41) is 39.2. The molecule has 1 heterocycles. The number of rotatable bonds is 1. The first-order valence-electron chi connectivity index (χ1n) is 14.7. The van der Waals surface area contributed by atoms with Crippen molar-refractivity contribution in [2.24, 2.45) is 33.0 Å². The van der Waals surface area contributed by atoms with Crippen LogP contribution >= 0.6 is 0 Å². The number of hydrogen-bond donors (Lipinski definition) is 3. The second-order valence-corrected chi connectivity index (χ2v) is 15.8. The normalized spacial score (nSPS) is 47.1. The van der Waals surface area contributed by atoms with Crippen molar-refractivity contribution in [1.29, 1.82) is 0 Å². The predicted octanol–water partition coefficient (Wildman–Crippen LogP) is 6.35. The number of fused-ring (bicyclic) bond motifs is 6. The lowest BCUT2D eigenvalue weighted by Crippen LogP contribution is -2.68. The zero-order valence-electron chi connectivity index (χ0n) is 24.6. The third-order valence-corrected chi connectivity index (χ3v) is 12.8. The van der Waals surface area contributed by atoms with Gasteiger partial charge in [0.1, 0.15) is 17.5 Å². The van der Waals surface area contributed by atoms with Gasteiger partial charge in [0.25, 0.3) is 0 Å². The maximum Gasteiger partial charge on any atom is 0.145 e. The molecule has 3 N–H and O–H groups in total. The summed E-state index contributed by atoms with van der Waals surface area (Å²) in [5.41, 5.74) is 0.0191. The van der Waals surface area contributed by atoms with Gasteiger partial charge in [-0.3, -0.25) is 0 Å². The molecule has 4 aliphatic rings. The monoisotopic (exact) mass is 513 g/mol. The van der Waals surface area contributed by atoms with Crippen LogP contribution in [0.1, 0.15) is 118 Å². The van der Waals surface area contributed by atoms with E-state index in [0.29, 0.717) is 12.3 Å². The van der Waals surface area contributed by atoms with Gasteiger partial charge in [-0.1, -0.05) is 72.2 Å². The Balaban J connectivity index is 1.67. The number of nitrogens with zero attached hydrogens (tertiary/aromatic N) is 1. The lowest BCUT2D eigenvalue weighted by Gasteiger charge is -2.68. The van der Waals surface area contributed by atoms with Crippen LogP contribution in [0.4, 0.5) is 0 Å². The molecular weight excluding hydrogens is 462 g/mol. The summed E-state index contributed by atoms with van der Waals surface area (Å²) in [7, 11) is 0. The molecule has 4 aliphatic carbocycles. The molecule has 0 radical (unpaired) electrons. The first-order valence-corrected chi connectivity index (χ1v) is 14.7. The quantitative estimate of drug-likeness (QED) is 0.381. The topological polar surface area (TPSA) is 86.7 Å². The summed E-state index contributed by atoms with van der Waals surface area (Å²) in [4.78, 5) is 0. The molecule has 1 aromatic heterocycles. The Morgan fingerprint density at radius 3 is 2.24 bits per heavy atom. The summed E-state index contributed by atoms with van der Waals surface area (Å²) >= 11 is 0. The molecule has 0 aromatic carbocycles. The molecule has 5 rings (SSSR count). The highest BCUT2D eigenvalue weighted by Gasteiger charge is 2.69. The second-order valence-electron chi connectivity index (χ2n) is 15.8. The molecule has 2 fully saturated rings. The summed E-state index contributed by atoms with van der Waals surface area (Å²) in [6.45, 7) is 18.5. The Hall–Kier alpha value is -1.17. The molecule has 0 bridgehead atoms. The van der Waals surface area contributed by atoms with E-state index >= 15 is 0 Å². The Kier molecular flexibility index (Phi) is 6.05. The fourth-order valence-electron chi connectivity index (χ4n) is 9.64. The van der Waals surface area contributed by atoms with Gasteiger partial charge < -0.3 is 19.8 Å². The minimum atomic E-state index is -1.22. The van der Waals surface area contributed by atoms with Gasteiger partial charge in [-0.2, -0.15) is 0 Å². The molecule has 0 spiro atoms. The average molecular weight is 514 g/mol. The minimum Gasteiger partial charge on any atom is -0.396 e. The van der Waals surface area contributed by atoms with Crippen LogP contribution in [0.25, 0.3) is 0 Å². The second kappa shape index (κ2) is 8.17. The average Bonchev–Trinajstić information content (AvgIpc) is 3.29. The predicted molar refractivity (Wildman–Crippen MR) is 146 cm³/mol. The van der Waals surface area contributed by atoms with E-state index in [1.165, 1.54) is 11.1 Å². The first-order chi connectivity index (χ1) is 17.0. The van der Waals surface area contributed by atoms with E-state index in [1.54, 1.807) is 0 Å². The zero-order chi connectivity index (χ0) is 27.3. The van der Waals surface area contributed by atoms with Crippen molar-refractivity contribution in [2.45, 2.75) is 130 Å². The van der Waals surface area contributed by atoms with Crippen LogP contribution in [0.3, 0.4) is 0 Å². The molecule has 1 aromatic rings. The maximum atomic E-state index is 12.6. The van der Waals surface area contributed by atoms with E-state index < -0.39 is 17.1 Å². The summed E-state index contributed by atoms with van der Waals surface area (Å²) < 4.78 is 5.80. The third-order valence-electron chi connectivity index (χ3n) is 12.8. The Bertz CT molecular complexity index is 1090. The van der Waals surface area contributed by atoms with Gasteiger partial charge in [0, 0.05) is 23.0 Å². The minimum absolute atomic E-state index is 0.0384. The molecule has 0 unspecified atom stereocenters. The van der Waals surface area contributed by atoms with Crippen molar-refractivity contribution < 1.29 is 19.8 Å². The Morgan fingerprint density at radius 2 is 1.57 bits per heavy atom. The molecule has 0 aliphatic heterocycles. The lowest BCUT2D eigenvalue weighted by molar-refractivity contribution is -0.216. The SMILES string of the molecule is CC1(C)CC[C@](C)(CO)CC[C@]2(C)[C@@](O)(CC1)[C@H](O)C=C1[C@@]3(C)Cc4cnoc4C(C)(C)[C@@H]3CC[C@]12C. The van der Waals surface area contributed by atoms with Crippen molar-refractivity contribution in [2.75, 3.05) is 6.61 Å². The fraction of sp³-hybridized carbons (Fsp3) is 0.844. The van der Waals surface area contributed by atoms with Crippen LogP contribution < -0.4 is 0 Å². The largest absolute Gasteiger partial charge is 0.396 e. The van der Waals surface area contributed by atoms with Crippen molar-refractivity contribution in [1.82, 2.24) is 5.16 Å². The Morgan fingerprint density at radius 1 is 0.919 bits per heavy atom. The summed E-state index contributed by atoms with van der Waals surface area (Å²) in [6.07, 6.45) is 11.0. The lowest BCUT2D eigenvalue weighted by atomic mass is 9.36. The molecule has 0 amide bonds. The van der Waals surface area contributed by atoms with Gasteiger partial charge in [0.15, 0.2) is 0 Å². The van der Waals surface area contributed by atoms with Gasteiger partial charge in [-0.05, 0) is 85.4 Å². The maximum absolute atomic E-state index is 12.6. The molecule has 7 atom stereocenters. The molecule has 5 heteroatoms. The van der Waals surface area contributed by atoms with Gasteiger partial charge >= 0.3 is 0 Å². The molecule has 5 nitrogen and oxygen atoms in total. The highest BCUT2D eigenvalue weighted by Crippen LogP contribution is 2.72. The van der Waals surface area contributed by atoms with Crippen molar-refractivity contribution >= 4 is 0 Å². The molecule has 2 saturated carbocycles. The molecular formula is C32H51NO4. The van der Waals surface area contributed by atoms with Gasteiger partial charge in [-0.25, -0.2) is 0 Å². The fourth-order valence-corrected chi connectivity index (χ4v) is 9.64. The van der Waals surface area contributed by atoms with E-state index in [1.807, 2.05) is 6.20 Å². The number of hydrogen-bond acceptors (Lipinski definition) is 5. The van der Waals surface area contributed by atoms with Crippen LogP contribution in [0.15, 0.2) is 22.4 Å².